The van der Waals surface area contributed by atoms with Crippen LogP contribution in [0.25, 0.3) is 116 Å². The maximum atomic E-state index is 6.80. The van der Waals surface area contributed by atoms with Crippen LogP contribution in [-0.4, -0.2) is 19.5 Å². The fourth-order valence-corrected chi connectivity index (χ4v) is 8.36. The van der Waals surface area contributed by atoms with E-state index in [9.17, 15) is 0 Å². The number of rotatable bonds is 4. The molecule has 0 atom stereocenters. The molecule has 4 heterocycles. The topological polar surface area (TPSA) is 69.9 Å². The van der Waals surface area contributed by atoms with Crippen LogP contribution in [0.2, 0.25) is 0 Å². The molecule has 12 rings (SSSR count). The molecule has 0 unspecified atom stereocenters. The largest absolute Gasteiger partial charge is 0.456 e. The van der Waals surface area contributed by atoms with E-state index in [1.807, 2.05) is 60.7 Å². The second-order valence-electron chi connectivity index (χ2n) is 14.0. The molecule has 55 heavy (non-hydrogen) atoms. The zero-order chi connectivity index (χ0) is 36.0. The predicted octanol–water partition coefficient (Wildman–Crippen LogP) is 12.9. The standard InChI is InChI=1S/C49H28N4O2/c1-2-12-29(13-3-1)47-50-48(30-22-25-43-38(26-30)35-17-8-11-21-42(35)54-43)52-49(51-47)39-28-45-46(36-18-5-4-14-32(36)39)37-24-23-31(27-44(37)55-45)53-40-19-9-6-15-33(40)34-16-7-10-20-41(34)53/h1-28H. The minimum atomic E-state index is 0.575. The number of para-hydroxylation sites is 3. The minimum Gasteiger partial charge on any atom is -0.456 e. The lowest BCUT2D eigenvalue weighted by atomic mass is 9.98. The lowest BCUT2D eigenvalue weighted by Crippen LogP contribution is -2.00. The highest BCUT2D eigenvalue weighted by Crippen LogP contribution is 2.42. The van der Waals surface area contributed by atoms with Gasteiger partial charge in [0, 0.05) is 60.8 Å². The van der Waals surface area contributed by atoms with Crippen LogP contribution in [0.4, 0.5) is 0 Å². The molecule has 8 aromatic carbocycles. The Morgan fingerprint density at radius 3 is 1.73 bits per heavy atom. The van der Waals surface area contributed by atoms with Crippen molar-refractivity contribution in [2.75, 3.05) is 0 Å². The zero-order valence-electron chi connectivity index (χ0n) is 29.3. The summed E-state index contributed by atoms with van der Waals surface area (Å²) in [4.78, 5) is 15.4. The molecule has 0 aliphatic carbocycles. The Morgan fingerprint density at radius 1 is 0.345 bits per heavy atom. The first-order valence-corrected chi connectivity index (χ1v) is 18.4. The molecule has 0 fully saturated rings. The highest BCUT2D eigenvalue weighted by Gasteiger charge is 2.20. The van der Waals surface area contributed by atoms with Crippen molar-refractivity contribution in [1.82, 2.24) is 19.5 Å². The van der Waals surface area contributed by atoms with Gasteiger partial charge in [-0.25, -0.2) is 15.0 Å². The van der Waals surface area contributed by atoms with Crippen molar-refractivity contribution >= 4 is 76.5 Å². The molecule has 0 amide bonds. The van der Waals surface area contributed by atoms with E-state index in [4.69, 9.17) is 23.8 Å². The van der Waals surface area contributed by atoms with E-state index < -0.39 is 0 Å². The normalized spacial score (nSPS) is 12.0. The van der Waals surface area contributed by atoms with Gasteiger partial charge in [0.25, 0.3) is 0 Å². The van der Waals surface area contributed by atoms with Gasteiger partial charge in [-0.1, -0.05) is 109 Å². The average molecular weight is 705 g/mol. The second-order valence-corrected chi connectivity index (χ2v) is 14.0. The Balaban J connectivity index is 1.08. The number of fused-ring (bicyclic) bond motifs is 11. The molecule has 0 aliphatic heterocycles. The van der Waals surface area contributed by atoms with Crippen LogP contribution in [0.5, 0.6) is 0 Å². The van der Waals surface area contributed by atoms with Gasteiger partial charge in [0.1, 0.15) is 22.3 Å². The number of aromatic nitrogens is 4. The van der Waals surface area contributed by atoms with E-state index in [-0.39, 0.29) is 0 Å². The van der Waals surface area contributed by atoms with Crippen molar-refractivity contribution in [3.05, 3.63) is 170 Å². The second kappa shape index (κ2) is 11.5. The summed E-state index contributed by atoms with van der Waals surface area (Å²) in [6, 6.07) is 58.5. The number of nitrogens with zero attached hydrogens (tertiary/aromatic N) is 4. The SMILES string of the molecule is c1ccc(-c2nc(-c3ccc4oc5ccccc5c4c3)nc(-c3cc4oc5cc(-n6c7ccccc7c7ccccc76)ccc5c4c4ccccc34)n2)cc1. The van der Waals surface area contributed by atoms with Gasteiger partial charge in [-0.3, -0.25) is 0 Å². The molecule has 4 aromatic heterocycles. The van der Waals surface area contributed by atoms with Crippen molar-refractivity contribution in [3.8, 4) is 39.9 Å². The van der Waals surface area contributed by atoms with Crippen molar-refractivity contribution in [1.29, 1.82) is 0 Å². The van der Waals surface area contributed by atoms with Crippen LogP contribution < -0.4 is 0 Å². The van der Waals surface area contributed by atoms with Crippen molar-refractivity contribution in [2.24, 2.45) is 0 Å². The van der Waals surface area contributed by atoms with E-state index in [1.54, 1.807) is 0 Å². The van der Waals surface area contributed by atoms with Crippen LogP contribution in [0, 0.1) is 0 Å². The molecular formula is C49H28N4O2. The summed E-state index contributed by atoms with van der Waals surface area (Å²) < 4.78 is 15.3. The van der Waals surface area contributed by atoms with E-state index in [1.165, 1.54) is 10.8 Å². The zero-order valence-corrected chi connectivity index (χ0v) is 29.3. The summed E-state index contributed by atoms with van der Waals surface area (Å²) >= 11 is 0. The summed E-state index contributed by atoms with van der Waals surface area (Å²) in [6.07, 6.45) is 0. The molecule has 12 aromatic rings. The van der Waals surface area contributed by atoms with Gasteiger partial charge < -0.3 is 13.4 Å². The first-order chi connectivity index (χ1) is 27.2. The van der Waals surface area contributed by atoms with Gasteiger partial charge in [-0.05, 0) is 65.4 Å². The van der Waals surface area contributed by atoms with Crippen LogP contribution in [0.1, 0.15) is 0 Å². The molecule has 6 nitrogen and oxygen atoms in total. The monoisotopic (exact) mass is 704 g/mol. The lowest BCUT2D eigenvalue weighted by molar-refractivity contribution is 0.668. The Kier molecular flexibility index (Phi) is 6.24. The fraction of sp³-hybridized carbons (Fsp3) is 0. The molecular weight excluding hydrogens is 677 g/mol. The maximum Gasteiger partial charge on any atom is 0.164 e. The van der Waals surface area contributed by atoms with Crippen molar-refractivity contribution < 1.29 is 8.83 Å². The van der Waals surface area contributed by atoms with Gasteiger partial charge in [0.15, 0.2) is 17.5 Å². The summed E-state index contributed by atoms with van der Waals surface area (Å²) in [6.45, 7) is 0. The van der Waals surface area contributed by atoms with Crippen molar-refractivity contribution in [3.63, 3.8) is 0 Å². The van der Waals surface area contributed by atoms with E-state index >= 15 is 0 Å². The third kappa shape index (κ3) is 4.52. The molecule has 0 saturated carbocycles. The molecule has 0 saturated heterocycles. The first-order valence-electron chi connectivity index (χ1n) is 18.4. The average Bonchev–Trinajstić information content (AvgIpc) is 3.92. The number of furan rings is 2. The van der Waals surface area contributed by atoms with Gasteiger partial charge in [-0.15, -0.1) is 0 Å². The summed E-state index contributed by atoms with van der Waals surface area (Å²) in [7, 11) is 0. The highest BCUT2D eigenvalue weighted by molar-refractivity contribution is 6.22. The van der Waals surface area contributed by atoms with Crippen LogP contribution in [0.15, 0.2) is 179 Å². The fourth-order valence-electron chi connectivity index (χ4n) is 8.36. The Hall–Kier alpha value is -7.57. The van der Waals surface area contributed by atoms with Gasteiger partial charge in [0.2, 0.25) is 0 Å². The van der Waals surface area contributed by atoms with Crippen LogP contribution >= 0.6 is 0 Å². The molecule has 0 bridgehead atoms. The van der Waals surface area contributed by atoms with Gasteiger partial charge >= 0.3 is 0 Å². The summed E-state index contributed by atoms with van der Waals surface area (Å²) in [5.74, 6) is 1.76. The van der Waals surface area contributed by atoms with E-state index in [2.05, 4.69) is 114 Å². The number of hydrogen-bond acceptors (Lipinski definition) is 5. The van der Waals surface area contributed by atoms with E-state index in [0.717, 1.165) is 88.1 Å². The van der Waals surface area contributed by atoms with Crippen molar-refractivity contribution in [2.45, 2.75) is 0 Å². The first kappa shape index (κ1) is 29.9. The molecule has 256 valence electrons. The Morgan fingerprint density at radius 2 is 0.945 bits per heavy atom. The molecule has 0 N–H and O–H groups in total. The summed E-state index contributed by atoms with van der Waals surface area (Å²) in [5.41, 5.74) is 9.30. The minimum absolute atomic E-state index is 0.575. The Bertz CT molecular complexity index is 3450. The third-order valence-corrected chi connectivity index (χ3v) is 10.8. The van der Waals surface area contributed by atoms with Crippen LogP contribution in [0.3, 0.4) is 0 Å². The van der Waals surface area contributed by atoms with Gasteiger partial charge in [0.05, 0.1) is 11.0 Å². The third-order valence-electron chi connectivity index (χ3n) is 10.8. The highest BCUT2D eigenvalue weighted by atomic mass is 16.3. The lowest BCUT2D eigenvalue weighted by Gasteiger charge is -2.11. The van der Waals surface area contributed by atoms with Crippen LogP contribution in [-0.2, 0) is 0 Å². The molecule has 0 aliphatic rings. The van der Waals surface area contributed by atoms with E-state index in [0.29, 0.717) is 17.5 Å². The van der Waals surface area contributed by atoms with Gasteiger partial charge in [-0.2, -0.15) is 0 Å². The smallest absolute Gasteiger partial charge is 0.164 e. The molecule has 0 radical (unpaired) electrons. The summed E-state index contributed by atoms with van der Waals surface area (Å²) in [5, 5.41) is 8.77. The maximum absolute atomic E-state index is 6.80. The number of benzene rings is 8. The molecule has 6 heteroatoms. The quantitative estimate of drug-likeness (QED) is 0.182. The number of hydrogen-bond donors (Lipinski definition) is 0. The Labute approximate surface area is 313 Å². The molecule has 0 spiro atoms. The predicted molar refractivity (Wildman–Crippen MR) is 223 cm³/mol.